The first kappa shape index (κ1) is 18.1. The molecule has 2 amide bonds. The largest absolute Gasteiger partial charge is 0.322 e. The molecular formula is C19H21Cl2N3O. The first-order chi connectivity index (χ1) is 12.0. The minimum absolute atomic E-state index is 0.0727. The van der Waals surface area contributed by atoms with Gasteiger partial charge in [0.2, 0.25) is 0 Å². The predicted octanol–water partition coefficient (Wildman–Crippen LogP) is 4.65. The van der Waals surface area contributed by atoms with Crippen molar-refractivity contribution in [3.63, 3.8) is 0 Å². The highest BCUT2D eigenvalue weighted by Gasteiger charge is 2.21. The maximum atomic E-state index is 12.5. The van der Waals surface area contributed by atoms with Gasteiger partial charge in [-0.1, -0.05) is 41.4 Å². The van der Waals surface area contributed by atoms with E-state index < -0.39 is 0 Å². The minimum atomic E-state index is -0.0727. The van der Waals surface area contributed by atoms with Crippen LogP contribution in [0.4, 0.5) is 10.5 Å². The number of rotatable bonds is 3. The zero-order chi connectivity index (χ0) is 17.8. The van der Waals surface area contributed by atoms with Gasteiger partial charge in [0.25, 0.3) is 0 Å². The van der Waals surface area contributed by atoms with E-state index in [-0.39, 0.29) is 6.03 Å². The topological polar surface area (TPSA) is 35.6 Å². The minimum Gasteiger partial charge on any atom is -0.322 e. The molecule has 4 nitrogen and oxygen atoms in total. The summed E-state index contributed by atoms with van der Waals surface area (Å²) in [7, 11) is 0. The molecule has 0 aliphatic carbocycles. The number of hydrogen-bond donors (Lipinski definition) is 1. The summed E-state index contributed by atoms with van der Waals surface area (Å²) >= 11 is 12.0. The van der Waals surface area contributed by atoms with Crippen molar-refractivity contribution in [2.45, 2.75) is 13.5 Å². The van der Waals surface area contributed by atoms with Crippen molar-refractivity contribution >= 4 is 34.9 Å². The fourth-order valence-electron chi connectivity index (χ4n) is 2.89. The maximum Gasteiger partial charge on any atom is 0.321 e. The first-order valence-corrected chi connectivity index (χ1v) is 9.06. The number of hydrogen-bond acceptors (Lipinski definition) is 2. The Kier molecular flexibility index (Phi) is 5.84. The molecule has 0 bridgehead atoms. The molecule has 3 rings (SSSR count). The Hall–Kier alpha value is -1.75. The summed E-state index contributed by atoms with van der Waals surface area (Å²) in [6.07, 6.45) is 0. The van der Waals surface area contributed by atoms with Gasteiger partial charge in [-0.05, 0) is 42.3 Å². The zero-order valence-electron chi connectivity index (χ0n) is 14.1. The van der Waals surface area contributed by atoms with Crippen LogP contribution in [0.25, 0.3) is 0 Å². The highest BCUT2D eigenvalue weighted by Crippen LogP contribution is 2.23. The van der Waals surface area contributed by atoms with E-state index in [2.05, 4.69) is 10.2 Å². The van der Waals surface area contributed by atoms with Crippen molar-refractivity contribution in [1.82, 2.24) is 9.80 Å². The van der Waals surface area contributed by atoms with E-state index in [0.29, 0.717) is 18.1 Å². The molecule has 0 atom stereocenters. The van der Waals surface area contributed by atoms with Crippen LogP contribution in [0.15, 0.2) is 42.5 Å². The Bertz CT molecular complexity index is 741. The van der Waals surface area contributed by atoms with Gasteiger partial charge in [0, 0.05) is 48.5 Å². The monoisotopic (exact) mass is 377 g/mol. The van der Waals surface area contributed by atoms with Crippen LogP contribution in [0, 0.1) is 6.92 Å². The molecule has 1 heterocycles. The number of nitrogens with zero attached hydrogens (tertiary/aromatic N) is 2. The van der Waals surface area contributed by atoms with Gasteiger partial charge in [-0.15, -0.1) is 0 Å². The van der Waals surface area contributed by atoms with Gasteiger partial charge in [0.05, 0.1) is 0 Å². The van der Waals surface area contributed by atoms with Gasteiger partial charge in [-0.2, -0.15) is 0 Å². The molecule has 0 saturated carbocycles. The summed E-state index contributed by atoms with van der Waals surface area (Å²) in [4.78, 5) is 16.7. The second-order valence-corrected chi connectivity index (χ2v) is 7.08. The lowest BCUT2D eigenvalue weighted by Gasteiger charge is -2.34. The van der Waals surface area contributed by atoms with Crippen LogP contribution in [0.3, 0.4) is 0 Å². The average molecular weight is 378 g/mol. The standard InChI is InChI=1S/C19H21Cl2N3O/c1-14-17(21)3-2-4-18(14)22-19(25)24-11-9-23(10-12-24)13-15-5-7-16(20)8-6-15/h2-8H,9-13H2,1H3,(H,22,25). The molecule has 1 aliphatic rings. The van der Waals surface area contributed by atoms with Crippen molar-refractivity contribution < 1.29 is 4.79 Å². The molecular weight excluding hydrogens is 357 g/mol. The van der Waals surface area contributed by atoms with Crippen molar-refractivity contribution in [3.05, 3.63) is 63.6 Å². The van der Waals surface area contributed by atoms with Crippen molar-refractivity contribution in [2.75, 3.05) is 31.5 Å². The third-order valence-corrected chi connectivity index (χ3v) is 5.15. The van der Waals surface area contributed by atoms with Crippen LogP contribution >= 0.6 is 23.2 Å². The number of urea groups is 1. The van der Waals surface area contributed by atoms with Crippen molar-refractivity contribution in [2.24, 2.45) is 0 Å². The third-order valence-electron chi connectivity index (χ3n) is 4.49. The molecule has 132 valence electrons. The van der Waals surface area contributed by atoms with E-state index in [9.17, 15) is 4.79 Å². The summed E-state index contributed by atoms with van der Waals surface area (Å²) in [6, 6.07) is 13.4. The van der Waals surface area contributed by atoms with E-state index in [1.807, 2.05) is 54.3 Å². The Labute approximate surface area is 158 Å². The molecule has 1 N–H and O–H groups in total. The normalized spacial score (nSPS) is 15.2. The first-order valence-electron chi connectivity index (χ1n) is 8.31. The predicted molar refractivity (Wildman–Crippen MR) is 104 cm³/mol. The average Bonchev–Trinajstić information content (AvgIpc) is 2.61. The molecule has 0 spiro atoms. The Balaban J connectivity index is 1.52. The molecule has 0 aromatic heterocycles. The van der Waals surface area contributed by atoms with Crippen LogP contribution in [0.1, 0.15) is 11.1 Å². The SMILES string of the molecule is Cc1c(Cl)cccc1NC(=O)N1CCN(Cc2ccc(Cl)cc2)CC1. The van der Waals surface area contributed by atoms with Crippen LogP contribution in [-0.4, -0.2) is 42.0 Å². The van der Waals surface area contributed by atoms with E-state index in [1.54, 1.807) is 0 Å². The van der Waals surface area contributed by atoms with E-state index in [0.717, 1.165) is 35.9 Å². The molecule has 2 aromatic carbocycles. The van der Waals surface area contributed by atoms with Crippen molar-refractivity contribution in [1.29, 1.82) is 0 Å². The number of halogens is 2. The molecule has 0 radical (unpaired) electrons. The number of carbonyl (C=O) groups excluding carboxylic acids is 1. The lowest BCUT2D eigenvalue weighted by molar-refractivity contribution is 0.143. The van der Waals surface area contributed by atoms with Crippen LogP contribution in [-0.2, 0) is 6.54 Å². The number of anilines is 1. The summed E-state index contributed by atoms with van der Waals surface area (Å²) in [5, 5.41) is 4.37. The van der Waals surface area contributed by atoms with Gasteiger partial charge in [-0.25, -0.2) is 4.79 Å². The molecule has 1 aliphatic heterocycles. The summed E-state index contributed by atoms with van der Waals surface area (Å²) in [5.74, 6) is 0. The van der Waals surface area contributed by atoms with Crippen LogP contribution in [0.2, 0.25) is 10.0 Å². The highest BCUT2D eigenvalue weighted by molar-refractivity contribution is 6.31. The number of amides is 2. The van der Waals surface area contributed by atoms with E-state index >= 15 is 0 Å². The van der Waals surface area contributed by atoms with E-state index in [1.165, 1.54) is 5.56 Å². The molecule has 6 heteroatoms. The highest BCUT2D eigenvalue weighted by atomic mass is 35.5. The second kappa shape index (κ2) is 8.09. The maximum absolute atomic E-state index is 12.5. The number of carbonyl (C=O) groups is 1. The molecule has 1 saturated heterocycles. The lowest BCUT2D eigenvalue weighted by atomic mass is 10.2. The smallest absolute Gasteiger partial charge is 0.321 e. The number of nitrogens with one attached hydrogen (secondary N) is 1. The molecule has 0 unspecified atom stereocenters. The third kappa shape index (κ3) is 4.66. The van der Waals surface area contributed by atoms with Gasteiger partial charge in [-0.3, -0.25) is 4.90 Å². The second-order valence-electron chi connectivity index (χ2n) is 6.23. The summed E-state index contributed by atoms with van der Waals surface area (Å²) < 4.78 is 0. The fourth-order valence-corrected chi connectivity index (χ4v) is 3.19. The zero-order valence-corrected chi connectivity index (χ0v) is 15.6. The Morgan fingerprint density at radius 2 is 1.72 bits per heavy atom. The van der Waals surface area contributed by atoms with Gasteiger partial charge < -0.3 is 10.2 Å². The Morgan fingerprint density at radius 3 is 2.40 bits per heavy atom. The quantitative estimate of drug-likeness (QED) is 0.844. The van der Waals surface area contributed by atoms with Gasteiger partial charge in [0.15, 0.2) is 0 Å². The van der Waals surface area contributed by atoms with Crippen LogP contribution in [0.5, 0.6) is 0 Å². The number of benzene rings is 2. The Morgan fingerprint density at radius 1 is 1.04 bits per heavy atom. The van der Waals surface area contributed by atoms with Crippen molar-refractivity contribution in [3.8, 4) is 0 Å². The summed E-state index contributed by atoms with van der Waals surface area (Å²) in [5.41, 5.74) is 2.89. The van der Waals surface area contributed by atoms with Crippen LogP contribution < -0.4 is 5.32 Å². The molecule has 1 fully saturated rings. The van der Waals surface area contributed by atoms with E-state index in [4.69, 9.17) is 23.2 Å². The fraction of sp³-hybridized carbons (Fsp3) is 0.316. The van der Waals surface area contributed by atoms with Gasteiger partial charge in [0.1, 0.15) is 0 Å². The molecule has 25 heavy (non-hydrogen) atoms. The lowest BCUT2D eigenvalue weighted by Crippen LogP contribution is -2.49. The number of piperazine rings is 1. The van der Waals surface area contributed by atoms with Gasteiger partial charge >= 0.3 is 6.03 Å². The molecule has 2 aromatic rings. The summed E-state index contributed by atoms with van der Waals surface area (Å²) in [6.45, 7) is 5.90.